The second-order valence-electron chi connectivity index (χ2n) is 10.6. The van der Waals surface area contributed by atoms with Crippen LogP contribution in [0.5, 0.6) is 0 Å². The average Bonchev–Trinajstić information content (AvgIpc) is 2.39. The van der Waals surface area contributed by atoms with Crippen LogP contribution in [-0.2, 0) is 19.3 Å². The lowest BCUT2D eigenvalue weighted by Gasteiger charge is -2.51. The fraction of sp³-hybridized carbons (Fsp3) is 0.905. The molecule has 0 saturated carbocycles. The van der Waals surface area contributed by atoms with Crippen molar-refractivity contribution >= 4 is 11.6 Å². The summed E-state index contributed by atoms with van der Waals surface area (Å²) in [4.78, 5) is 36.2. The Morgan fingerprint density at radius 1 is 0.630 bits per heavy atom. The van der Waals surface area contributed by atoms with Crippen LogP contribution >= 0.6 is 0 Å². The number of nitrogens with zero attached hydrogens (tertiary/aromatic N) is 2. The summed E-state index contributed by atoms with van der Waals surface area (Å²) in [6.45, 7) is 17.5. The van der Waals surface area contributed by atoms with E-state index in [2.05, 4.69) is 55.4 Å². The molecule has 2 aliphatic heterocycles. The monoisotopic (exact) mass is 382 g/mol. The van der Waals surface area contributed by atoms with Gasteiger partial charge in [-0.3, -0.25) is 19.3 Å². The second kappa shape index (κ2) is 7.54. The van der Waals surface area contributed by atoms with E-state index in [1.54, 1.807) is 0 Å². The van der Waals surface area contributed by atoms with E-state index in [9.17, 15) is 9.59 Å². The molecule has 0 atom stereocenters. The zero-order chi connectivity index (χ0) is 20.7. The van der Waals surface area contributed by atoms with Crippen LogP contribution < -0.4 is 0 Å². The summed E-state index contributed by atoms with van der Waals surface area (Å²) < 4.78 is 0. The number of carbonyl (C=O) groups excluding carboxylic acids is 2. The normalized spacial score (nSPS) is 27.7. The summed E-state index contributed by atoms with van der Waals surface area (Å²) in [6, 6.07) is 0. The third kappa shape index (κ3) is 5.17. The molecule has 2 aliphatic rings. The van der Waals surface area contributed by atoms with Gasteiger partial charge in [-0.05, 0) is 61.8 Å². The van der Waals surface area contributed by atoms with Crippen molar-refractivity contribution < 1.29 is 19.3 Å². The molecule has 2 saturated heterocycles. The van der Waals surface area contributed by atoms with Crippen molar-refractivity contribution in [3.63, 3.8) is 0 Å². The largest absolute Gasteiger partial charge is 0.300 e. The van der Waals surface area contributed by atoms with Crippen LogP contribution in [0.4, 0.5) is 0 Å². The van der Waals surface area contributed by atoms with E-state index < -0.39 is 0 Å². The van der Waals surface area contributed by atoms with Crippen molar-refractivity contribution in [3.8, 4) is 0 Å². The molecular formula is C21H38N2O4. The highest BCUT2D eigenvalue weighted by Gasteiger charge is 2.47. The van der Waals surface area contributed by atoms with Gasteiger partial charge in [-0.15, -0.1) is 0 Å². The van der Waals surface area contributed by atoms with E-state index in [0.29, 0.717) is 38.9 Å². The summed E-state index contributed by atoms with van der Waals surface area (Å²) in [5.41, 5.74) is -1.23. The maximum atomic E-state index is 12.0. The Balaban J connectivity index is 1.86. The van der Waals surface area contributed by atoms with Crippen molar-refractivity contribution in [1.29, 1.82) is 0 Å². The zero-order valence-electron chi connectivity index (χ0n) is 18.5. The van der Waals surface area contributed by atoms with Crippen LogP contribution in [0.15, 0.2) is 0 Å². The highest BCUT2D eigenvalue weighted by molar-refractivity contribution is 5.82. The molecule has 0 aromatic heterocycles. The summed E-state index contributed by atoms with van der Waals surface area (Å²) in [7, 11) is 0. The van der Waals surface area contributed by atoms with Gasteiger partial charge in [0.2, 0.25) is 0 Å². The highest BCUT2D eigenvalue weighted by atomic mass is 16.7. The smallest absolute Gasteiger partial charge is 0.136 e. The molecular weight excluding hydrogens is 344 g/mol. The molecule has 0 aromatic carbocycles. The molecule has 0 aliphatic carbocycles. The lowest BCUT2D eigenvalue weighted by molar-refractivity contribution is -0.290. The lowest BCUT2D eigenvalue weighted by atomic mass is 9.81. The first kappa shape index (κ1) is 22.5. The quantitative estimate of drug-likeness (QED) is 0.653. The number of ketones is 2. The Morgan fingerprint density at radius 3 is 1.15 bits per heavy atom. The highest BCUT2D eigenvalue weighted by Crippen LogP contribution is 2.38. The Labute approximate surface area is 164 Å². The van der Waals surface area contributed by atoms with E-state index in [1.807, 2.05) is 10.1 Å². The summed E-state index contributed by atoms with van der Waals surface area (Å²) in [5, 5.41) is 3.99. The van der Waals surface area contributed by atoms with Gasteiger partial charge in [0.05, 0.1) is 13.2 Å². The summed E-state index contributed by atoms with van der Waals surface area (Å²) in [6.07, 6.45) is 2.79. The van der Waals surface area contributed by atoms with Gasteiger partial charge < -0.3 is 0 Å². The van der Waals surface area contributed by atoms with Crippen molar-refractivity contribution in [2.45, 2.75) is 110 Å². The molecule has 2 heterocycles. The van der Waals surface area contributed by atoms with E-state index in [4.69, 9.17) is 9.68 Å². The van der Waals surface area contributed by atoms with Gasteiger partial charge in [0, 0.05) is 47.8 Å². The Hall–Kier alpha value is -0.820. The average molecular weight is 383 g/mol. The Bertz CT molecular complexity index is 491. The third-order valence-electron chi connectivity index (χ3n) is 5.45. The molecule has 0 N–H and O–H groups in total. The maximum absolute atomic E-state index is 12.0. The summed E-state index contributed by atoms with van der Waals surface area (Å²) in [5.74, 6) is 0.578. The number of piperidine rings is 2. The predicted molar refractivity (Wildman–Crippen MR) is 105 cm³/mol. The number of Topliss-reactive ketones (excluding diaryl/α,β-unsaturated/α-hetero) is 2. The van der Waals surface area contributed by atoms with Crippen LogP contribution in [0.1, 0.15) is 87.5 Å². The van der Waals surface area contributed by atoms with E-state index in [-0.39, 0.29) is 33.7 Å². The number of hydrogen-bond acceptors (Lipinski definition) is 6. The minimum atomic E-state index is -0.309. The molecule has 0 spiro atoms. The van der Waals surface area contributed by atoms with E-state index in [1.165, 1.54) is 0 Å². The molecule has 27 heavy (non-hydrogen) atoms. The van der Waals surface area contributed by atoms with Crippen molar-refractivity contribution in [1.82, 2.24) is 10.1 Å². The van der Waals surface area contributed by atoms with Crippen molar-refractivity contribution in [2.24, 2.45) is 0 Å². The van der Waals surface area contributed by atoms with Gasteiger partial charge >= 0.3 is 0 Å². The van der Waals surface area contributed by atoms with Crippen molar-refractivity contribution in [2.75, 3.05) is 13.2 Å². The number of hydrogen-bond donors (Lipinski definition) is 0. The van der Waals surface area contributed by atoms with Gasteiger partial charge in [0.15, 0.2) is 0 Å². The van der Waals surface area contributed by atoms with Crippen LogP contribution in [0, 0.1) is 0 Å². The minimum Gasteiger partial charge on any atom is -0.300 e. The topological polar surface area (TPSA) is 59.1 Å². The third-order valence-corrected chi connectivity index (χ3v) is 5.45. The Kier molecular flexibility index (Phi) is 6.28. The van der Waals surface area contributed by atoms with E-state index >= 15 is 0 Å². The van der Waals surface area contributed by atoms with Crippen LogP contribution in [0.3, 0.4) is 0 Å². The maximum Gasteiger partial charge on any atom is 0.136 e. The number of rotatable bonds is 6. The van der Waals surface area contributed by atoms with Gasteiger partial charge in [-0.25, -0.2) is 0 Å². The standard InChI is InChI=1S/C21H38N2O4/c1-18(2)12-16(24)13-19(3,4)22(18)26-10-9-11-27-23-20(5,6)14-17(25)15-21(23,7)8/h9-15H2,1-8H3. The molecule has 0 bridgehead atoms. The number of carbonyl (C=O) groups is 2. The van der Waals surface area contributed by atoms with Crippen LogP contribution in [0.2, 0.25) is 0 Å². The molecule has 6 nitrogen and oxygen atoms in total. The van der Waals surface area contributed by atoms with E-state index in [0.717, 1.165) is 6.42 Å². The molecule has 0 radical (unpaired) electrons. The SMILES string of the molecule is CC1(C)CC(=O)CC(C)(C)N1OCCCON1C(C)(C)CC(=O)CC1(C)C. The first-order valence-corrected chi connectivity index (χ1v) is 10.1. The predicted octanol–water partition coefficient (Wildman–Crippen LogP) is 3.68. The first-order valence-electron chi connectivity index (χ1n) is 10.1. The number of hydroxylamine groups is 4. The molecule has 0 unspecified atom stereocenters. The minimum absolute atomic E-state index is 0.289. The fourth-order valence-corrected chi connectivity index (χ4v) is 5.05. The van der Waals surface area contributed by atoms with Crippen LogP contribution in [-0.4, -0.2) is 57.1 Å². The second-order valence-corrected chi connectivity index (χ2v) is 10.6. The van der Waals surface area contributed by atoms with Gasteiger partial charge in [-0.1, -0.05) is 0 Å². The molecule has 156 valence electrons. The Morgan fingerprint density at radius 2 is 0.889 bits per heavy atom. The molecule has 2 rings (SSSR count). The van der Waals surface area contributed by atoms with Crippen molar-refractivity contribution in [3.05, 3.63) is 0 Å². The first-order chi connectivity index (χ1) is 12.2. The molecule has 6 heteroatoms. The van der Waals surface area contributed by atoms with Gasteiger partial charge in [0.1, 0.15) is 11.6 Å². The van der Waals surface area contributed by atoms with Gasteiger partial charge in [-0.2, -0.15) is 10.1 Å². The van der Waals surface area contributed by atoms with Crippen LogP contribution in [0.25, 0.3) is 0 Å². The molecule has 0 aromatic rings. The van der Waals surface area contributed by atoms with Gasteiger partial charge in [0.25, 0.3) is 0 Å². The summed E-state index contributed by atoms with van der Waals surface area (Å²) >= 11 is 0. The fourth-order valence-electron chi connectivity index (χ4n) is 5.05. The lowest BCUT2D eigenvalue weighted by Crippen LogP contribution is -2.61. The molecule has 2 fully saturated rings. The molecule has 0 amide bonds. The zero-order valence-corrected chi connectivity index (χ0v) is 18.5.